The first-order valence-corrected chi connectivity index (χ1v) is 7.55. The highest BCUT2D eigenvalue weighted by Crippen LogP contribution is 2.33. The van der Waals surface area contributed by atoms with Gasteiger partial charge in [-0.3, -0.25) is 9.59 Å². The predicted octanol–water partition coefficient (Wildman–Crippen LogP) is 0.888. The molecular formula is C12H20N2O5S. The molecule has 0 aromatic heterocycles. The van der Waals surface area contributed by atoms with Gasteiger partial charge in [-0.05, 0) is 12.8 Å². The van der Waals surface area contributed by atoms with Crippen LogP contribution in [0.3, 0.4) is 0 Å². The minimum atomic E-state index is -0.833. The summed E-state index contributed by atoms with van der Waals surface area (Å²) in [6.45, 7) is 1.08. The molecule has 0 aromatic rings. The molecule has 2 heterocycles. The van der Waals surface area contributed by atoms with E-state index in [1.165, 1.54) is 0 Å². The number of thioether (sulfide) groups is 1. The number of carboxylic acids is 2. The Hall–Kier alpha value is -1.44. The third kappa shape index (κ3) is 5.68. The van der Waals surface area contributed by atoms with E-state index in [-0.39, 0.29) is 24.5 Å². The SMILES string of the molecule is CC(=O)O.O=C(O)CCCC[C@@H]1SC[C@@H]2NC(=O)N[C@@H]21. The number of urea groups is 1. The molecular weight excluding hydrogens is 284 g/mol. The van der Waals surface area contributed by atoms with E-state index in [0.717, 1.165) is 31.9 Å². The van der Waals surface area contributed by atoms with Crippen molar-refractivity contribution in [2.45, 2.75) is 49.9 Å². The van der Waals surface area contributed by atoms with Gasteiger partial charge in [0.1, 0.15) is 0 Å². The minimum Gasteiger partial charge on any atom is -0.481 e. The molecule has 4 N–H and O–H groups in total. The molecule has 114 valence electrons. The van der Waals surface area contributed by atoms with E-state index in [9.17, 15) is 9.59 Å². The topological polar surface area (TPSA) is 116 Å². The molecule has 3 atom stereocenters. The maximum absolute atomic E-state index is 11.1. The number of hydrogen-bond acceptors (Lipinski definition) is 4. The summed E-state index contributed by atoms with van der Waals surface area (Å²) in [5.74, 6) is -0.597. The molecule has 20 heavy (non-hydrogen) atoms. The highest BCUT2D eigenvalue weighted by atomic mass is 32.2. The van der Waals surface area contributed by atoms with Gasteiger partial charge >= 0.3 is 12.0 Å². The first-order chi connectivity index (χ1) is 9.40. The Kier molecular flexibility index (Phi) is 6.63. The van der Waals surface area contributed by atoms with Gasteiger partial charge in [0.15, 0.2) is 0 Å². The van der Waals surface area contributed by atoms with E-state index in [2.05, 4.69) is 10.6 Å². The van der Waals surface area contributed by atoms with Crippen LogP contribution in [0.2, 0.25) is 0 Å². The maximum atomic E-state index is 11.1. The standard InChI is InChI=1S/C10H16N2O3S.C2H4O2/c13-8(14)4-2-1-3-7-9-6(5-16-7)11-10(15)12-9;1-2(3)4/h6-7,9H,1-5H2,(H,13,14)(H2,11,12,15);1H3,(H,3,4)/t6-,7-,9-;/m0./s1. The molecule has 0 radical (unpaired) electrons. The zero-order valence-electron chi connectivity index (χ0n) is 11.3. The van der Waals surface area contributed by atoms with Gasteiger partial charge in [0.25, 0.3) is 5.97 Å². The first-order valence-electron chi connectivity index (χ1n) is 6.50. The van der Waals surface area contributed by atoms with Crippen molar-refractivity contribution < 1.29 is 24.6 Å². The lowest BCUT2D eigenvalue weighted by Crippen LogP contribution is -2.36. The monoisotopic (exact) mass is 304 g/mol. The summed E-state index contributed by atoms with van der Waals surface area (Å²) in [5.41, 5.74) is 0. The van der Waals surface area contributed by atoms with Crippen LogP contribution in [0.4, 0.5) is 4.79 Å². The van der Waals surface area contributed by atoms with E-state index >= 15 is 0 Å². The third-order valence-electron chi connectivity index (χ3n) is 3.07. The quantitative estimate of drug-likeness (QED) is 0.443. The van der Waals surface area contributed by atoms with Crippen molar-refractivity contribution in [2.75, 3.05) is 5.75 Å². The Morgan fingerprint density at radius 2 is 1.95 bits per heavy atom. The second-order valence-corrected chi connectivity index (χ2v) is 6.05. The first kappa shape index (κ1) is 16.6. The molecule has 2 aliphatic heterocycles. The van der Waals surface area contributed by atoms with E-state index in [1.807, 2.05) is 11.8 Å². The van der Waals surface area contributed by atoms with Gasteiger partial charge in [-0.15, -0.1) is 0 Å². The molecule has 2 aliphatic rings. The van der Waals surface area contributed by atoms with E-state index in [4.69, 9.17) is 15.0 Å². The molecule has 0 saturated carbocycles. The van der Waals surface area contributed by atoms with Gasteiger partial charge in [-0.25, -0.2) is 4.79 Å². The summed E-state index contributed by atoms with van der Waals surface area (Å²) < 4.78 is 0. The molecule has 0 aliphatic carbocycles. The molecule has 2 rings (SSSR count). The smallest absolute Gasteiger partial charge is 0.315 e. The van der Waals surface area contributed by atoms with Crippen LogP contribution < -0.4 is 10.6 Å². The second-order valence-electron chi connectivity index (χ2n) is 4.78. The summed E-state index contributed by atoms with van der Waals surface area (Å²) >= 11 is 1.87. The fraction of sp³-hybridized carbons (Fsp3) is 0.750. The third-order valence-corrected chi connectivity index (χ3v) is 4.58. The van der Waals surface area contributed by atoms with E-state index in [1.54, 1.807) is 0 Å². The molecule has 0 aromatic carbocycles. The number of carbonyl (C=O) groups is 3. The lowest BCUT2D eigenvalue weighted by atomic mass is 10.0. The average Bonchev–Trinajstić information content (AvgIpc) is 2.83. The number of unbranched alkanes of at least 4 members (excludes halogenated alkanes) is 1. The normalized spacial score (nSPS) is 26.9. The Labute approximate surface area is 121 Å². The number of carbonyl (C=O) groups excluding carboxylic acids is 1. The van der Waals surface area contributed by atoms with E-state index < -0.39 is 11.9 Å². The van der Waals surface area contributed by atoms with Gasteiger partial charge in [0.05, 0.1) is 12.1 Å². The Morgan fingerprint density at radius 1 is 1.30 bits per heavy atom. The predicted molar refractivity (Wildman–Crippen MR) is 74.9 cm³/mol. The number of aliphatic carboxylic acids is 2. The number of fused-ring (bicyclic) bond motifs is 1. The van der Waals surface area contributed by atoms with Crippen molar-refractivity contribution in [3.05, 3.63) is 0 Å². The van der Waals surface area contributed by atoms with Gasteiger partial charge in [0, 0.05) is 24.3 Å². The van der Waals surface area contributed by atoms with Gasteiger partial charge < -0.3 is 20.8 Å². The highest BCUT2D eigenvalue weighted by molar-refractivity contribution is 8.00. The van der Waals surface area contributed by atoms with Crippen LogP contribution in [0.5, 0.6) is 0 Å². The van der Waals surface area contributed by atoms with Crippen molar-refractivity contribution in [2.24, 2.45) is 0 Å². The van der Waals surface area contributed by atoms with Crippen LogP contribution in [0.1, 0.15) is 32.6 Å². The zero-order valence-corrected chi connectivity index (χ0v) is 12.1. The number of nitrogens with one attached hydrogen (secondary N) is 2. The minimum absolute atomic E-state index is 0.0640. The maximum Gasteiger partial charge on any atom is 0.315 e. The molecule has 2 amide bonds. The van der Waals surface area contributed by atoms with Crippen LogP contribution in [0.15, 0.2) is 0 Å². The zero-order chi connectivity index (χ0) is 15.1. The van der Waals surface area contributed by atoms with Gasteiger partial charge in [0.2, 0.25) is 0 Å². The van der Waals surface area contributed by atoms with Crippen molar-refractivity contribution in [1.29, 1.82) is 0 Å². The van der Waals surface area contributed by atoms with Gasteiger partial charge in [-0.2, -0.15) is 11.8 Å². The summed E-state index contributed by atoms with van der Waals surface area (Å²) in [4.78, 5) is 30.5. The highest BCUT2D eigenvalue weighted by Gasteiger charge is 2.42. The largest absolute Gasteiger partial charge is 0.481 e. The summed E-state index contributed by atoms with van der Waals surface area (Å²) in [5, 5.41) is 22.2. The molecule has 0 unspecified atom stereocenters. The Bertz CT molecular complexity index is 373. The molecule has 7 nitrogen and oxygen atoms in total. The molecule has 0 bridgehead atoms. The lowest BCUT2D eigenvalue weighted by Gasteiger charge is -2.16. The Morgan fingerprint density at radius 3 is 2.55 bits per heavy atom. The number of rotatable bonds is 5. The number of amides is 2. The van der Waals surface area contributed by atoms with E-state index in [0.29, 0.717) is 5.25 Å². The summed E-state index contributed by atoms with van der Waals surface area (Å²) in [7, 11) is 0. The summed E-state index contributed by atoms with van der Waals surface area (Å²) in [6, 6.07) is 0.440. The molecule has 0 spiro atoms. The van der Waals surface area contributed by atoms with Crippen LogP contribution in [0, 0.1) is 0 Å². The Balaban J connectivity index is 0.000000444. The van der Waals surface area contributed by atoms with Crippen molar-refractivity contribution >= 4 is 29.7 Å². The van der Waals surface area contributed by atoms with Crippen LogP contribution >= 0.6 is 11.8 Å². The number of carboxylic acid groups (broad SMARTS) is 2. The van der Waals surface area contributed by atoms with Crippen LogP contribution in [0.25, 0.3) is 0 Å². The number of hydrogen-bond donors (Lipinski definition) is 4. The fourth-order valence-electron chi connectivity index (χ4n) is 2.26. The lowest BCUT2D eigenvalue weighted by molar-refractivity contribution is -0.137. The summed E-state index contributed by atoms with van der Waals surface area (Å²) in [6.07, 6.45) is 2.88. The molecule has 2 fully saturated rings. The van der Waals surface area contributed by atoms with Crippen molar-refractivity contribution in [3.8, 4) is 0 Å². The molecule has 2 saturated heterocycles. The molecule has 8 heteroatoms. The van der Waals surface area contributed by atoms with Crippen LogP contribution in [-0.2, 0) is 9.59 Å². The van der Waals surface area contributed by atoms with Crippen molar-refractivity contribution in [3.63, 3.8) is 0 Å². The van der Waals surface area contributed by atoms with Crippen molar-refractivity contribution in [1.82, 2.24) is 10.6 Å². The average molecular weight is 304 g/mol. The van der Waals surface area contributed by atoms with Gasteiger partial charge in [-0.1, -0.05) is 6.42 Å². The van der Waals surface area contributed by atoms with Crippen LogP contribution in [-0.4, -0.2) is 51.3 Å². The fourth-order valence-corrected chi connectivity index (χ4v) is 3.81. The second kappa shape index (κ2) is 7.98.